The summed E-state index contributed by atoms with van der Waals surface area (Å²) in [4.78, 5) is 9.37. The molecule has 2 N–H and O–H groups in total. The molecule has 3 heteroatoms. The van der Waals surface area contributed by atoms with Crippen molar-refractivity contribution in [3.63, 3.8) is 0 Å². The minimum absolute atomic E-state index is 0.0613. The summed E-state index contributed by atoms with van der Waals surface area (Å²) in [5, 5.41) is 0. The van der Waals surface area contributed by atoms with Crippen LogP contribution in [0.2, 0.25) is 0 Å². The van der Waals surface area contributed by atoms with Gasteiger partial charge in [0.05, 0.1) is 6.04 Å². The summed E-state index contributed by atoms with van der Waals surface area (Å²) < 4.78 is 0. The minimum atomic E-state index is 0.0613. The molecule has 1 aromatic rings. The number of hydrogen-bond donors (Lipinski definition) is 1. The van der Waals surface area contributed by atoms with E-state index in [0.29, 0.717) is 17.8 Å². The van der Waals surface area contributed by atoms with Gasteiger partial charge in [0.2, 0.25) is 0 Å². The van der Waals surface area contributed by atoms with Crippen LogP contribution in [0.15, 0.2) is 6.07 Å². The van der Waals surface area contributed by atoms with Crippen LogP contribution in [0, 0.1) is 5.92 Å². The van der Waals surface area contributed by atoms with Gasteiger partial charge in [0.25, 0.3) is 0 Å². The van der Waals surface area contributed by atoms with Gasteiger partial charge in [-0.2, -0.15) is 0 Å². The summed E-state index contributed by atoms with van der Waals surface area (Å²) in [6.45, 7) is 4.37. The minimum Gasteiger partial charge on any atom is -0.321 e. The lowest BCUT2D eigenvalue weighted by Crippen LogP contribution is -2.18. The van der Waals surface area contributed by atoms with E-state index in [2.05, 4.69) is 24.9 Å². The second kappa shape index (κ2) is 4.05. The first-order valence-electron chi connectivity index (χ1n) is 6.79. The first-order chi connectivity index (χ1) is 8.15. The SMILES string of the molecule is CC(C)c1cc(C2CC2)nc(C(N)C2CC2)n1. The fraction of sp³-hybridized carbons (Fsp3) is 0.714. The zero-order valence-corrected chi connectivity index (χ0v) is 10.7. The zero-order valence-electron chi connectivity index (χ0n) is 10.7. The predicted octanol–water partition coefficient (Wildman–Crippen LogP) is 2.89. The van der Waals surface area contributed by atoms with Gasteiger partial charge in [-0.25, -0.2) is 9.97 Å². The molecule has 17 heavy (non-hydrogen) atoms. The van der Waals surface area contributed by atoms with Crippen LogP contribution in [0.5, 0.6) is 0 Å². The molecule has 0 saturated heterocycles. The maximum absolute atomic E-state index is 6.23. The molecule has 2 fully saturated rings. The van der Waals surface area contributed by atoms with Gasteiger partial charge in [-0.1, -0.05) is 13.8 Å². The highest BCUT2D eigenvalue weighted by molar-refractivity contribution is 5.22. The highest BCUT2D eigenvalue weighted by Gasteiger charge is 2.33. The molecule has 3 rings (SSSR count). The standard InChI is InChI=1S/C14H21N3/c1-8(2)11-7-12(9-3-4-9)17-14(16-11)13(15)10-5-6-10/h7-10,13H,3-6,15H2,1-2H3. The van der Waals surface area contributed by atoms with E-state index in [1.54, 1.807) is 0 Å². The van der Waals surface area contributed by atoms with E-state index >= 15 is 0 Å². The Kier molecular flexibility index (Phi) is 2.66. The summed E-state index contributed by atoms with van der Waals surface area (Å²) in [7, 11) is 0. The largest absolute Gasteiger partial charge is 0.321 e. The quantitative estimate of drug-likeness (QED) is 0.866. The lowest BCUT2D eigenvalue weighted by atomic mass is 10.1. The molecule has 2 aliphatic rings. The smallest absolute Gasteiger partial charge is 0.145 e. The van der Waals surface area contributed by atoms with Crippen LogP contribution in [-0.2, 0) is 0 Å². The molecule has 1 aromatic heterocycles. The highest BCUT2D eigenvalue weighted by atomic mass is 15.0. The van der Waals surface area contributed by atoms with Gasteiger partial charge in [-0.3, -0.25) is 0 Å². The van der Waals surface area contributed by atoms with Crippen molar-refractivity contribution < 1.29 is 0 Å². The second-order valence-electron chi connectivity index (χ2n) is 5.87. The fourth-order valence-corrected chi connectivity index (χ4v) is 2.20. The van der Waals surface area contributed by atoms with Gasteiger partial charge >= 0.3 is 0 Å². The third-order valence-corrected chi connectivity index (χ3v) is 3.80. The highest BCUT2D eigenvalue weighted by Crippen LogP contribution is 2.42. The zero-order chi connectivity index (χ0) is 12.0. The van der Waals surface area contributed by atoms with Crippen molar-refractivity contribution in [3.05, 3.63) is 23.3 Å². The maximum Gasteiger partial charge on any atom is 0.145 e. The summed E-state index contributed by atoms with van der Waals surface area (Å²) in [5.74, 6) is 2.66. The average molecular weight is 231 g/mol. The Morgan fingerprint density at radius 3 is 2.41 bits per heavy atom. The number of hydrogen-bond acceptors (Lipinski definition) is 3. The van der Waals surface area contributed by atoms with E-state index in [1.807, 2.05) is 0 Å². The summed E-state index contributed by atoms with van der Waals surface area (Å²) in [5.41, 5.74) is 8.63. The Balaban J connectivity index is 1.94. The lowest BCUT2D eigenvalue weighted by Gasteiger charge is -2.14. The molecule has 1 atom stereocenters. The van der Waals surface area contributed by atoms with Gasteiger partial charge in [0.15, 0.2) is 0 Å². The van der Waals surface area contributed by atoms with Gasteiger partial charge in [0.1, 0.15) is 5.82 Å². The summed E-state index contributed by atoms with van der Waals surface area (Å²) in [6, 6.07) is 2.25. The molecule has 2 saturated carbocycles. The molecule has 0 spiro atoms. The first kappa shape index (κ1) is 11.1. The number of nitrogens with zero attached hydrogens (tertiary/aromatic N) is 2. The van der Waals surface area contributed by atoms with Crippen LogP contribution in [-0.4, -0.2) is 9.97 Å². The van der Waals surface area contributed by atoms with E-state index in [4.69, 9.17) is 10.7 Å². The van der Waals surface area contributed by atoms with Crippen LogP contribution in [0.25, 0.3) is 0 Å². The van der Waals surface area contributed by atoms with Gasteiger partial charge < -0.3 is 5.73 Å². The monoisotopic (exact) mass is 231 g/mol. The molecule has 0 aliphatic heterocycles. The fourth-order valence-electron chi connectivity index (χ4n) is 2.20. The molecule has 0 amide bonds. The lowest BCUT2D eigenvalue weighted by molar-refractivity contribution is 0.581. The van der Waals surface area contributed by atoms with Gasteiger partial charge in [-0.05, 0) is 43.6 Å². The van der Waals surface area contributed by atoms with Crippen LogP contribution >= 0.6 is 0 Å². The third-order valence-electron chi connectivity index (χ3n) is 3.80. The van der Waals surface area contributed by atoms with Crippen LogP contribution in [0.1, 0.15) is 74.6 Å². The van der Waals surface area contributed by atoms with Crippen molar-refractivity contribution in [1.82, 2.24) is 9.97 Å². The molecule has 1 heterocycles. The molecule has 3 nitrogen and oxygen atoms in total. The molecular formula is C14H21N3. The van der Waals surface area contributed by atoms with Crippen molar-refractivity contribution in [1.29, 1.82) is 0 Å². The molecular weight excluding hydrogens is 210 g/mol. The first-order valence-corrected chi connectivity index (χ1v) is 6.79. The maximum atomic E-state index is 6.23. The predicted molar refractivity (Wildman–Crippen MR) is 67.7 cm³/mol. The van der Waals surface area contributed by atoms with E-state index in [9.17, 15) is 0 Å². The normalized spacial score (nSPS) is 21.9. The number of aromatic nitrogens is 2. The Morgan fingerprint density at radius 2 is 1.88 bits per heavy atom. The van der Waals surface area contributed by atoms with Crippen molar-refractivity contribution in [3.8, 4) is 0 Å². The Hall–Kier alpha value is -0.960. The van der Waals surface area contributed by atoms with Crippen molar-refractivity contribution >= 4 is 0 Å². The van der Waals surface area contributed by atoms with E-state index < -0.39 is 0 Å². The third kappa shape index (κ3) is 2.34. The van der Waals surface area contributed by atoms with E-state index in [1.165, 1.54) is 31.4 Å². The number of nitrogens with two attached hydrogens (primary N) is 1. The molecule has 92 valence electrons. The molecule has 2 aliphatic carbocycles. The molecule has 0 bridgehead atoms. The average Bonchev–Trinajstić information content (AvgIpc) is 3.19. The van der Waals surface area contributed by atoms with Crippen LogP contribution in [0.4, 0.5) is 0 Å². The molecule has 0 aromatic carbocycles. The van der Waals surface area contributed by atoms with Gasteiger partial charge in [0, 0.05) is 17.3 Å². The topological polar surface area (TPSA) is 51.8 Å². The molecule has 1 unspecified atom stereocenters. The Morgan fingerprint density at radius 1 is 1.18 bits per heavy atom. The Bertz CT molecular complexity index is 399. The Labute approximate surface area is 103 Å². The van der Waals surface area contributed by atoms with E-state index in [0.717, 1.165) is 11.5 Å². The summed E-state index contributed by atoms with van der Waals surface area (Å²) in [6.07, 6.45) is 5.06. The van der Waals surface area contributed by atoms with Crippen LogP contribution < -0.4 is 5.73 Å². The number of rotatable bonds is 4. The summed E-state index contributed by atoms with van der Waals surface area (Å²) >= 11 is 0. The molecule has 0 radical (unpaired) electrons. The second-order valence-corrected chi connectivity index (χ2v) is 5.87. The van der Waals surface area contributed by atoms with Gasteiger partial charge in [-0.15, -0.1) is 0 Å². The van der Waals surface area contributed by atoms with Crippen LogP contribution in [0.3, 0.4) is 0 Å². The van der Waals surface area contributed by atoms with E-state index in [-0.39, 0.29) is 6.04 Å². The van der Waals surface area contributed by atoms with Crippen molar-refractivity contribution in [2.75, 3.05) is 0 Å². The van der Waals surface area contributed by atoms with Crippen molar-refractivity contribution in [2.45, 2.75) is 57.4 Å². The van der Waals surface area contributed by atoms with Crippen molar-refractivity contribution in [2.24, 2.45) is 11.7 Å².